The minimum absolute atomic E-state index is 0.00270. The molecule has 9 heteroatoms. The topological polar surface area (TPSA) is 116 Å². The van der Waals surface area contributed by atoms with E-state index in [0.29, 0.717) is 37.4 Å². The average molecular weight is 481 g/mol. The Bertz CT molecular complexity index is 1500. The minimum atomic E-state index is -0.671. The van der Waals surface area contributed by atoms with Crippen molar-refractivity contribution in [2.24, 2.45) is 0 Å². The van der Waals surface area contributed by atoms with Crippen molar-refractivity contribution in [3.05, 3.63) is 71.0 Å². The van der Waals surface area contributed by atoms with Gasteiger partial charge in [-0.2, -0.15) is 0 Å². The first-order valence-corrected chi connectivity index (χ1v) is 12.1. The van der Waals surface area contributed by atoms with Crippen molar-refractivity contribution in [1.29, 1.82) is 0 Å². The molecule has 3 aliphatic heterocycles. The van der Waals surface area contributed by atoms with Crippen LogP contribution in [0.3, 0.4) is 0 Å². The second-order valence-corrected chi connectivity index (χ2v) is 10.5. The number of amides is 3. The normalized spacial score (nSPS) is 24.8. The summed E-state index contributed by atoms with van der Waals surface area (Å²) in [4.78, 5) is 49.0. The van der Waals surface area contributed by atoms with Gasteiger partial charge in [0, 0.05) is 53.3 Å². The fourth-order valence-corrected chi connectivity index (χ4v) is 6.54. The summed E-state index contributed by atoms with van der Waals surface area (Å²) >= 11 is 0. The first kappa shape index (κ1) is 21.0. The van der Waals surface area contributed by atoms with E-state index in [2.05, 4.69) is 32.8 Å². The quantitative estimate of drug-likeness (QED) is 0.531. The molecule has 36 heavy (non-hydrogen) atoms. The molecule has 2 aromatic heterocycles. The molecule has 0 radical (unpaired) electrons. The Balaban J connectivity index is 1.10. The molecule has 3 aromatic rings. The van der Waals surface area contributed by atoms with Crippen LogP contribution in [0.1, 0.15) is 35.6 Å². The maximum atomic E-state index is 13.1. The molecule has 4 aliphatic rings. The fourth-order valence-electron chi connectivity index (χ4n) is 6.54. The molecule has 0 fully saturated rings. The van der Waals surface area contributed by atoms with Crippen molar-refractivity contribution in [1.82, 2.24) is 9.97 Å². The standard InChI is InChI=1S/C27H24N6O3/c1-26-11-21(34)30-18-5-2-6-19(23(18)26)33(14-26)13-22(35)31-20-8-15-9-27(10-16(15)12-29-20)17-4-3-7-28-24(17)32-25(27)36/h2-8,12H,9-11,13-14H2,1H3,(H,30,34)(H,28,32,36)(H,29,31,35). The summed E-state index contributed by atoms with van der Waals surface area (Å²) in [6.07, 6.45) is 4.94. The summed E-state index contributed by atoms with van der Waals surface area (Å²) in [5.74, 6) is 0.875. The van der Waals surface area contributed by atoms with Gasteiger partial charge >= 0.3 is 0 Å². The van der Waals surface area contributed by atoms with E-state index in [4.69, 9.17) is 0 Å². The highest BCUT2D eigenvalue weighted by atomic mass is 16.2. The Labute approximate surface area is 207 Å². The molecule has 1 aliphatic carbocycles. The lowest BCUT2D eigenvalue weighted by atomic mass is 9.78. The van der Waals surface area contributed by atoms with Gasteiger partial charge in [0.1, 0.15) is 11.6 Å². The van der Waals surface area contributed by atoms with Crippen LogP contribution in [0, 0.1) is 0 Å². The first-order valence-electron chi connectivity index (χ1n) is 12.1. The summed E-state index contributed by atoms with van der Waals surface area (Å²) in [6.45, 7) is 2.84. The molecule has 1 spiro atoms. The lowest BCUT2D eigenvalue weighted by Gasteiger charge is -2.30. The number of rotatable bonds is 3. The Kier molecular flexibility index (Phi) is 4.17. The van der Waals surface area contributed by atoms with E-state index in [9.17, 15) is 14.4 Å². The smallest absolute Gasteiger partial charge is 0.245 e. The molecular formula is C27H24N6O3. The summed E-state index contributed by atoms with van der Waals surface area (Å²) < 4.78 is 0. The number of hydrogen-bond acceptors (Lipinski definition) is 6. The Morgan fingerprint density at radius 2 is 1.94 bits per heavy atom. The Morgan fingerprint density at radius 3 is 2.83 bits per heavy atom. The predicted octanol–water partition coefficient (Wildman–Crippen LogP) is 2.52. The van der Waals surface area contributed by atoms with E-state index in [1.165, 1.54) is 0 Å². The summed E-state index contributed by atoms with van der Waals surface area (Å²) in [7, 11) is 0. The van der Waals surface area contributed by atoms with E-state index in [0.717, 1.165) is 33.6 Å². The molecule has 1 aromatic carbocycles. The lowest BCUT2D eigenvalue weighted by Crippen LogP contribution is -2.40. The van der Waals surface area contributed by atoms with Gasteiger partial charge in [0.05, 0.1) is 12.0 Å². The average Bonchev–Trinajstić information content (AvgIpc) is 3.44. The number of anilines is 4. The Hall–Kier alpha value is -4.27. The highest BCUT2D eigenvalue weighted by Gasteiger charge is 2.51. The molecule has 0 bridgehead atoms. The molecule has 0 saturated carbocycles. The van der Waals surface area contributed by atoms with E-state index < -0.39 is 5.41 Å². The van der Waals surface area contributed by atoms with Gasteiger partial charge in [0.2, 0.25) is 17.7 Å². The molecule has 3 N–H and O–H groups in total. The third-order valence-corrected chi connectivity index (χ3v) is 8.01. The van der Waals surface area contributed by atoms with Crippen LogP contribution in [0.25, 0.3) is 0 Å². The van der Waals surface area contributed by atoms with Gasteiger partial charge < -0.3 is 20.9 Å². The van der Waals surface area contributed by atoms with Gasteiger partial charge in [0.25, 0.3) is 0 Å². The zero-order valence-electron chi connectivity index (χ0n) is 19.7. The molecule has 3 amide bonds. The third kappa shape index (κ3) is 2.92. The monoisotopic (exact) mass is 480 g/mol. The molecule has 2 unspecified atom stereocenters. The number of benzene rings is 1. The first-order chi connectivity index (χ1) is 17.3. The summed E-state index contributed by atoms with van der Waals surface area (Å²) in [6, 6.07) is 11.5. The molecular weight excluding hydrogens is 456 g/mol. The SMILES string of the molecule is CC12CC(=O)Nc3cccc(c31)N(CC(=O)Nc1cc3c(cn1)CC1(C3)C(=O)Nc3ncccc31)C2. The van der Waals surface area contributed by atoms with Gasteiger partial charge in [-0.1, -0.05) is 19.1 Å². The van der Waals surface area contributed by atoms with E-state index in [-0.39, 0.29) is 29.7 Å². The van der Waals surface area contributed by atoms with Crippen LogP contribution in [-0.2, 0) is 38.1 Å². The molecule has 180 valence electrons. The van der Waals surface area contributed by atoms with Crippen LogP contribution >= 0.6 is 0 Å². The van der Waals surface area contributed by atoms with Crippen LogP contribution in [0.5, 0.6) is 0 Å². The molecule has 5 heterocycles. The third-order valence-electron chi connectivity index (χ3n) is 8.01. The van der Waals surface area contributed by atoms with Gasteiger partial charge in [-0.15, -0.1) is 0 Å². The van der Waals surface area contributed by atoms with Crippen LogP contribution in [-0.4, -0.2) is 40.8 Å². The number of nitrogens with zero attached hydrogens (tertiary/aromatic N) is 3. The van der Waals surface area contributed by atoms with Crippen molar-refractivity contribution in [3.63, 3.8) is 0 Å². The molecule has 0 saturated heterocycles. The predicted molar refractivity (Wildman–Crippen MR) is 134 cm³/mol. The van der Waals surface area contributed by atoms with Gasteiger partial charge in [-0.05, 0) is 48.2 Å². The van der Waals surface area contributed by atoms with Crippen molar-refractivity contribution in [2.75, 3.05) is 33.9 Å². The number of nitrogens with one attached hydrogen (secondary N) is 3. The minimum Gasteiger partial charge on any atom is -0.361 e. The maximum Gasteiger partial charge on any atom is 0.245 e. The highest BCUT2D eigenvalue weighted by Crippen LogP contribution is 2.49. The number of pyridine rings is 2. The largest absolute Gasteiger partial charge is 0.361 e. The zero-order valence-corrected chi connectivity index (χ0v) is 19.7. The van der Waals surface area contributed by atoms with E-state index in [1.54, 1.807) is 12.4 Å². The summed E-state index contributed by atoms with van der Waals surface area (Å²) in [5, 5.41) is 8.80. The van der Waals surface area contributed by atoms with Crippen LogP contribution in [0.4, 0.5) is 23.0 Å². The van der Waals surface area contributed by atoms with Gasteiger partial charge in [0.15, 0.2) is 0 Å². The number of carbonyl (C=O) groups excluding carboxylic acids is 3. The lowest BCUT2D eigenvalue weighted by molar-refractivity contribution is -0.120. The zero-order chi connectivity index (χ0) is 24.7. The van der Waals surface area contributed by atoms with E-state index >= 15 is 0 Å². The van der Waals surface area contributed by atoms with Crippen molar-refractivity contribution in [3.8, 4) is 0 Å². The second-order valence-electron chi connectivity index (χ2n) is 10.5. The van der Waals surface area contributed by atoms with E-state index in [1.807, 2.05) is 41.3 Å². The van der Waals surface area contributed by atoms with Crippen LogP contribution in [0.15, 0.2) is 48.8 Å². The van der Waals surface area contributed by atoms with Crippen LogP contribution in [0.2, 0.25) is 0 Å². The number of fused-ring (bicyclic) bond motifs is 3. The fraction of sp³-hybridized carbons (Fsp3) is 0.296. The molecule has 2 atom stereocenters. The molecule has 7 rings (SSSR count). The van der Waals surface area contributed by atoms with Crippen molar-refractivity contribution >= 4 is 40.7 Å². The number of carbonyl (C=O) groups is 3. The van der Waals surface area contributed by atoms with Gasteiger partial charge in [-0.3, -0.25) is 14.4 Å². The number of hydrogen-bond donors (Lipinski definition) is 3. The Morgan fingerprint density at radius 1 is 1.08 bits per heavy atom. The maximum absolute atomic E-state index is 13.1. The molecule has 9 nitrogen and oxygen atoms in total. The highest BCUT2D eigenvalue weighted by molar-refractivity contribution is 6.06. The summed E-state index contributed by atoms with van der Waals surface area (Å²) in [5.41, 5.74) is 4.85. The number of aromatic nitrogens is 2. The van der Waals surface area contributed by atoms with Gasteiger partial charge in [-0.25, -0.2) is 9.97 Å². The van der Waals surface area contributed by atoms with Crippen LogP contribution < -0.4 is 20.9 Å². The van der Waals surface area contributed by atoms with Crippen molar-refractivity contribution in [2.45, 2.75) is 37.0 Å². The van der Waals surface area contributed by atoms with Crippen molar-refractivity contribution < 1.29 is 14.4 Å². The second kappa shape index (κ2) is 7.13.